The largest absolute Gasteiger partial charge is 0.392 e. The quantitative estimate of drug-likeness (QED) is 0.707. The van der Waals surface area contributed by atoms with Crippen molar-refractivity contribution in [2.45, 2.75) is 42.5 Å². The Morgan fingerprint density at radius 3 is 2.61 bits per heavy atom. The zero-order chi connectivity index (χ0) is 13.2. The second kappa shape index (κ2) is 4.94. The molecule has 0 radical (unpaired) electrons. The zero-order valence-electron chi connectivity index (χ0n) is 9.85. The molecule has 0 bridgehead atoms. The molecule has 1 aliphatic rings. The van der Waals surface area contributed by atoms with Gasteiger partial charge < -0.3 is 5.73 Å². The van der Waals surface area contributed by atoms with Crippen molar-refractivity contribution in [1.29, 1.82) is 0 Å². The number of nitrogens with one attached hydrogen (secondary N) is 2. The number of sulfonamides is 1. The average molecular weight is 288 g/mol. The highest BCUT2D eigenvalue weighted by molar-refractivity contribution is 7.89. The average Bonchev–Trinajstić information content (AvgIpc) is 2.83. The summed E-state index contributed by atoms with van der Waals surface area (Å²) in [6.07, 6.45) is 6.82. The van der Waals surface area contributed by atoms with Gasteiger partial charge in [0.15, 0.2) is 0 Å². The predicted octanol–water partition coefficient (Wildman–Crippen LogP) is 0.677. The lowest BCUT2D eigenvalue weighted by molar-refractivity contribution is 0.353. The number of nitrogens with two attached hydrogens (primary N) is 1. The highest BCUT2D eigenvalue weighted by Crippen LogP contribution is 2.30. The predicted molar refractivity (Wildman–Crippen MR) is 71.5 cm³/mol. The Kier molecular flexibility index (Phi) is 3.69. The van der Waals surface area contributed by atoms with E-state index in [4.69, 9.17) is 18.0 Å². The van der Waals surface area contributed by atoms with E-state index in [0.29, 0.717) is 12.8 Å². The highest BCUT2D eigenvalue weighted by atomic mass is 32.2. The molecule has 0 spiro atoms. The number of hydrogen-bond acceptors (Lipinski definition) is 4. The number of H-pyrrole nitrogens is 1. The van der Waals surface area contributed by atoms with Crippen molar-refractivity contribution in [3.63, 3.8) is 0 Å². The fraction of sp³-hybridized carbons (Fsp3) is 0.600. The van der Waals surface area contributed by atoms with Gasteiger partial charge in [-0.15, -0.1) is 0 Å². The molecule has 0 saturated heterocycles. The smallest absolute Gasteiger partial charge is 0.244 e. The van der Waals surface area contributed by atoms with Crippen LogP contribution in [0.5, 0.6) is 0 Å². The molecule has 0 amide bonds. The van der Waals surface area contributed by atoms with Crippen LogP contribution < -0.4 is 10.5 Å². The molecule has 100 valence electrons. The maximum absolute atomic E-state index is 12.2. The van der Waals surface area contributed by atoms with Crippen LogP contribution in [0.1, 0.15) is 32.1 Å². The van der Waals surface area contributed by atoms with Crippen molar-refractivity contribution < 1.29 is 8.42 Å². The van der Waals surface area contributed by atoms with Crippen molar-refractivity contribution in [3.05, 3.63) is 12.4 Å². The summed E-state index contributed by atoms with van der Waals surface area (Å²) in [4.78, 5) is 0.318. The Morgan fingerprint density at radius 1 is 1.44 bits per heavy atom. The minimum atomic E-state index is -3.63. The minimum absolute atomic E-state index is 0.101. The summed E-state index contributed by atoms with van der Waals surface area (Å²) >= 11 is 5.05. The fourth-order valence-electron chi connectivity index (χ4n) is 2.26. The van der Waals surface area contributed by atoms with Crippen molar-refractivity contribution in [3.8, 4) is 0 Å². The van der Waals surface area contributed by atoms with Gasteiger partial charge in [-0.05, 0) is 12.8 Å². The third-order valence-electron chi connectivity index (χ3n) is 3.29. The van der Waals surface area contributed by atoms with Crippen LogP contribution in [0.2, 0.25) is 0 Å². The summed E-state index contributed by atoms with van der Waals surface area (Å²) in [6.45, 7) is 0. The van der Waals surface area contributed by atoms with E-state index in [1.807, 2.05) is 0 Å². The van der Waals surface area contributed by atoms with Crippen LogP contribution in [0.4, 0.5) is 0 Å². The summed E-state index contributed by atoms with van der Waals surface area (Å²) < 4.78 is 27.0. The third-order valence-corrected chi connectivity index (χ3v) is 5.19. The first-order valence-electron chi connectivity index (χ1n) is 5.79. The second-order valence-corrected chi connectivity index (χ2v) is 6.67. The van der Waals surface area contributed by atoms with Gasteiger partial charge in [0.05, 0.1) is 16.7 Å². The van der Waals surface area contributed by atoms with Crippen LogP contribution in [-0.2, 0) is 10.0 Å². The van der Waals surface area contributed by atoms with Crippen LogP contribution in [0.15, 0.2) is 17.3 Å². The van der Waals surface area contributed by atoms with E-state index >= 15 is 0 Å². The van der Waals surface area contributed by atoms with E-state index < -0.39 is 15.6 Å². The van der Waals surface area contributed by atoms with Crippen molar-refractivity contribution in [1.82, 2.24) is 14.9 Å². The molecule has 0 aromatic carbocycles. The first-order chi connectivity index (χ1) is 8.46. The lowest BCUT2D eigenvalue weighted by atomic mass is 9.82. The lowest BCUT2D eigenvalue weighted by Gasteiger charge is -2.36. The number of aromatic amines is 1. The summed E-state index contributed by atoms with van der Waals surface area (Å²) in [6, 6.07) is 0. The van der Waals surface area contributed by atoms with Gasteiger partial charge >= 0.3 is 0 Å². The Morgan fingerprint density at radius 2 is 2.11 bits per heavy atom. The number of thiocarbonyl (C=S) groups is 1. The van der Waals surface area contributed by atoms with Crippen LogP contribution >= 0.6 is 12.2 Å². The first-order valence-corrected chi connectivity index (χ1v) is 7.68. The molecule has 6 nitrogen and oxygen atoms in total. The van der Waals surface area contributed by atoms with E-state index in [0.717, 1.165) is 19.3 Å². The van der Waals surface area contributed by atoms with Crippen LogP contribution in [0, 0.1) is 0 Å². The molecule has 0 atom stereocenters. The molecule has 18 heavy (non-hydrogen) atoms. The molecule has 1 aliphatic carbocycles. The van der Waals surface area contributed by atoms with E-state index in [1.165, 1.54) is 12.4 Å². The second-order valence-electron chi connectivity index (χ2n) is 4.55. The standard InChI is InChI=1S/C10H16N4O2S2/c11-9(17)10(4-2-1-3-5-10)14-18(15,16)8-6-12-13-7-8/h6-7,14H,1-5H2,(H2,11,17)(H,12,13). The molecule has 1 aromatic rings. The molecular formula is C10H16N4O2S2. The normalized spacial score (nSPS) is 19.6. The minimum Gasteiger partial charge on any atom is -0.392 e. The monoisotopic (exact) mass is 288 g/mol. The molecule has 0 aliphatic heterocycles. The van der Waals surface area contributed by atoms with Gasteiger partial charge in [0.1, 0.15) is 4.90 Å². The van der Waals surface area contributed by atoms with Gasteiger partial charge in [-0.2, -0.15) is 9.82 Å². The Hall–Kier alpha value is -0.990. The Labute approximate surface area is 111 Å². The van der Waals surface area contributed by atoms with Gasteiger partial charge in [-0.3, -0.25) is 5.10 Å². The summed E-state index contributed by atoms with van der Waals surface area (Å²) in [7, 11) is -3.63. The Balaban J connectivity index is 2.27. The van der Waals surface area contributed by atoms with Crippen LogP contribution in [-0.4, -0.2) is 29.1 Å². The molecule has 2 rings (SSSR count). The molecule has 1 fully saturated rings. The summed E-state index contributed by atoms with van der Waals surface area (Å²) in [5, 5.41) is 6.12. The number of hydrogen-bond donors (Lipinski definition) is 3. The molecule has 8 heteroatoms. The molecule has 1 aromatic heterocycles. The summed E-state index contributed by atoms with van der Waals surface area (Å²) in [5.74, 6) is 0. The molecular weight excluding hydrogens is 272 g/mol. The number of rotatable bonds is 4. The lowest BCUT2D eigenvalue weighted by Crippen LogP contribution is -2.57. The van der Waals surface area contributed by atoms with E-state index in [2.05, 4.69) is 14.9 Å². The number of nitrogens with zero attached hydrogens (tertiary/aromatic N) is 1. The first kappa shape index (κ1) is 13.4. The van der Waals surface area contributed by atoms with Gasteiger partial charge in [0, 0.05) is 6.20 Å². The highest BCUT2D eigenvalue weighted by Gasteiger charge is 2.39. The molecule has 1 heterocycles. The van der Waals surface area contributed by atoms with Crippen LogP contribution in [0.25, 0.3) is 0 Å². The van der Waals surface area contributed by atoms with Crippen LogP contribution in [0.3, 0.4) is 0 Å². The van der Waals surface area contributed by atoms with Crippen molar-refractivity contribution >= 4 is 27.2 Å². The molecule has 4 N–H and O–H groups in total. The SMILES string of the molecule is NC(=S)C1(NS(=O)(=O)c2cn[nH]c2)CCCCC1. The summed E-state index contributed by atoms with van der Waals surface area (Å²) in [5.41, 5.74) is 4.96. The van der Waals surface area contributed by atoms with E-state index in [1.54, 1.807) is 0 Å². The maximum atomic E-state index is 12.2. The van der Waals surface area contributed by atoms with E-state index in [9.17, 15) is 8.42 Å². The van der Waals surface area contributed by atoms with Gasteiger partial charge in [0.25, 0.3) is 0 Å². The van der Waals surface area contributed by atoms with E-state index in [-0.39, 0.29) is 9.88 Å². The van der Waals surface area contributed by atoms with Gasteiger partial charge in [0.2, 0.25) is 10.0 Å². The molecule has 0 unspecified atom stereocenters. The Bertz CT molecular complexity index is 518. The van der Waals surface area contributed by atoms with Crippen molar-refractivity contribution in [2.24, 2.45) is 5.73 Å². The zero-order valence-corrected chi connectivity index (χ0v) is 11.5. The maximum Gasteiger partial charge on any atom is 0.244 e. The van der Waals surface area contributed by atoms with Gasteiger partial charge in [-0.1, -0.05) is 31.5 Å². The number of aromatic nitrogens is 2. The third kappa shape index (κ3) is 2.55. The molecule has 1 saturated carbocycles. The van der Waals surface area contributed by atoms with Crippen molar-refractivity contribution in [2.75, 3.05) is 0 Å². The van der Waals surface area contributed by atoms with Gasteiger partial charge in [-0.25, -0.2) is 8.42 Å². The topological polar surface area (TPSA) is 101 Å². The fourth-order valence-corrected chi connectivity index (χ4v) is 3.92.